The Kier molecular flexibility index (Phi) is 3.25. The molecule has 0 aromatic heterocycles. The Bertz CT molecular complexity index is 424. The van der Waals surface area contributed by atoms with E-state index in [-0.39, 0.29) is 24.3 Å². The predicted octanol–water partition coefficient (Wildman–Crippen LogP) is 2.48. The average molecular weight is 239 g/mol. The zero-order chi connectivity index (χ0) is 11.5. The topological polar surface area (TPSA) is 43.4 Å². The molecule has 1 aliphatic rings. The van der Waals surface area contributed by atoms with Gasteiger partial charge in [-0.1, -0.05) is 23.7 Å². The summed E-state index contributed by atoms with van der Waals surface area (Å²) < 4.78 is 4.89. The highest BCUT2D eigenvalue weighted by atomic mass is 35.5. The number of benzene rings is 1. The minimum absolute atomic E-state index is 0.0130. The summed E-state index contributed by atoms with van der Waals surface area (Å²) in [5.74, 6) is -0.529. The van der Waals surface area contributed by atoms with Gasteiger partial charge < -0.3 is 4.74 Å². The molecule has 1 fully saturated rings. The van der Waals surface area contributed by atoms with Crippen LogP contribution in [0.4, 0.5) is 0 Å². The molecule has 84 valence electrons. The van der Waals surface area contributed by atoms with Crippen molar-refractivity contribution in [3.63, 3.8) is 0 Å². The molecule has 0 heterocycles. The summed E-state index contributed by atoms with van der Waals surface area (Å²) in [5.41, 5.74) is 0.396. The van der Waals surface area contributed by atoms with Crippen LogP contribution in [-0.2, 0) is 9.53 Å². The van der Waals surface area contributed by atoms with Crippen LogP contribution < -0.4 is 0 Å². The summed E-state index contributed by atoms with van der Waals surface area (Å²) in [6.07, 6.45) is 1.75. The monoisotopic (exact) mass is 238 g/mol. The van der Waals surface area contributed by atoms with Crippen molar-refractivity contribution >= 4 is 23.4 Å². The fourth-order valence-electron chi connectivity index (χ4n) is 1.34. The summed E-state index contributed by atoms with van der Waals surface area (Å²) in [6, 6.07) is 6.73. The van der Waals surface area contributed by atoms with Crippen molar-refractivity contribution in [1.82, 2.24) is 0 Å². The molecule has 0 radical (unpaired) electrons. The van der Waals surface area contributed by atoms with E-state index in [9.17, 15) is 9.59 Å². The fraction of sp³-hybridized carbons (Fsp3) is 0.333. The van der Waals surface area contributed by atoms with Gasteiger partial charge in [-0.15, -0.1) is 0 Å². The number of hydrogen-bond acceptors (Lipinski definition) is 3. The lowest BCUT2D eigenvalue weighted by atomic mass is 10.1. The Morgan fingerprint density at radius 1 is 1.31 bits per heavy atom. The molecule has 0 saturated heterocycles. The minimum atomic E-state index is -0.277. The Balaban J connectivity index is 1.92. The van der Waals surface area contributed by atoms with Crippen molar-refractivity contribution in [3.05, 3.63) is 34.9 Å². The van der Waals surface area contributed by atoms with Crippen LogP contribution in [0.2, 0.25) is 5.02 Å². The van der Waals surface area contributed by atoms with Gasteiger partial charge in [0.1, 0.15) is 0 Å². The van der Waals surface area contributed by atoms with Gasteiger partial charge >= 0.3 is 5.97 Å². The fourth-order valence-corrected chi connectivity index (χ4v) is 1.58. The summed E-state index contributed by atoms with van der Waals surface area (Å²) in [4.78, 5) is 22.9. The van der Waals surface area contributed by atoms with Crippen LogP contribution in [0, 0.1) is 5.92 Å². The Morgan fingerprint density at radius 3 is 2.62 bits per heavy atom. The molecule has 0 atom stereocenters. The maximum atomic E-state index is 11.7. The SMILES string of the molecule is O=C(COC(=O)C1CC1)c1ccccc1Cl. The normalized spacial score (nSPS) is 14.6. The van der Waals surface area contributed by atoms with Crippen LogP contribution in [0.25, 0.3) is 0 Å². The van der Waals surface area contributed by atoms with E-state index in [1.54, 1.807) is 24.3 Å². The lowest BCUT2D eigenvalue weighted by Crippen LogP contribution is -2.15. The molecule has 4 heteroatoms. The Hall–Kier alpha value is -1.35. The van der Waals surface area contributed by atoms with E-state index in [1.807, 2.05) is 0 Å². The van der Waals surface area contributed by atoms with Gasteiger partial charge in [0.25, 0.3) is 0 Å². The zero-order valence-electron chi connectivity index (χ0n) is 8.61. The van der Waals surface area contributed by atoms with Gasteiger partial charge in [-0.05, 0) is 25.0 Å². The van der Waals surface area contributed by atoms with Gasteiger partial charge in [-0.2, -0.15) is 0 Å². The highest BCUT2D eigenvalue weighted by Gasteiger charge is 2.31. The third kappa shape index (κ3) is 2.61. The molecule has 0 N–H and O–H groups in total. The first-order valence-electron chi connectivity index (χ1n) is 5.13. The van der Waals surface area contributed by atoms with Gasteiger partial charge in [-0.3, -0.25) is 9.59 Å². The molecule has 1 aliphatic carbocycles. The second-order valence-electron chi connectivity index (χ2n) is 3.79. The van der Waals surface area contributed by atoms with Crippen LogP contribution in [0.5, 0.6) is 0 Å². The van der Waals surface area contributed by atoms with Crippen molar-refractivity contribution in [2.45, 2.75) is 12.8 Å². The van der Waals surface area contributed by atoms with Crippen LogP contribution in [-0.4, -0.2) is 18.4 Å². The highest BCUT2D eigenvalue weighted by molar-refractivity contribution is 6.34. The summed E-state index contributed by atoms with van der Waals surface area (Å²) in [7, 11) is 0. The van der Waals surface area contributed by atoms with E-state index in [2.05, 4.69) is 0 Å². The maximum absolute atomic E-state index is 11.7. The molecule has 0 spiro atoms. The smallest absolute Gasteiger partial charge is 0.309 e. The first-order valence-corrected chi connectivity index (χ1v) is 5.50. The van der Waals surface area contributed by atoms with E-state index in [1.165, 1.54) is 0 Å². The van der Waals surface area contributed by atoms with Crippen LogP contribution in [0.3, 0.4) is 0 Å². The number of esters is 1. The third-order valence-electron chi connectivity index (χ3n) is 2.43. The molecule has 2 rings (SSSR count). The number of carbonyl (C=O) groups is 2. The lowest BCUT2D eigenvalue weighted by molar-refractivity contribution is -0.144. The molecule has 0 bridgehead atoms. The molecule has 3 nitrogen and oxygen atoms in total. The van der Waals surface area contributed by atoms with E-state index < -0.39 is 0 Å². The number of hydrogen-bond donors (Lipinski definition) is 0. The minimum Gasteiger partial charge on any atom is -0.457 e. The number of halogens is 1. The molecule has 1 saturated carbocycles. The van der Waals surface area contributed by atoms with Crippen molar-refractivity contribution in [2.75, 3.05) is 6.61 Å². The van der Waals surface area contributed by atoms with Crippen molar-refractivity contribution in [3.8, 4) is 0 Å². The van der Waals surface area contributed by atoms with Crippen LogP contribution >= 0.6 is 11.6 Å². The summed E-state index contributed by atoms with van der Waals surface area (Å²) >= 11 is 5.85. The van der Waals surface area contributed by atoms with Gasteiger partial charge in [-0.25, -0.2) is 0 Å². The third-order valence-corrected chi connectivity index (χ3v) is 2.76. The maximum Gasteiger partial charge on any atom is 0.309 e. The molecule has 0 unspecified atom stereocenters. The number of rotatable bonds is 4. The summed E-state index contributed by atoms with van der Waals surface area (Å²) in [5, 5.41) is 0.384. The van der Waals surface area contributed by atoms with E-state index in [0.29, 0.717) is 10.6 Å². The molecular weight excluding hydrogens is 228 g/mol. The van der Waals surface area contributed by atoms with Gasteiger partial charge in [0.15, 0.2) is 6.61 Å². The van der Waals surface area contributed by atoms with E-state index >= 15 is 0 Å². The van der Waals surface area contributed by atoms with Crippen molar-refractivity contribution in [2.24, 2.45) is 5.92 Å². The second kappa shape index (κ2) is 4.66. The molecule has 0 aliphatic heterocycles. The van der Waals surface area contributed by atoms with E-state index in [4.69, 9.17) is 16.3 Å². The van der Waals surface area contributed by atoms with Gasteiger partial charge in [0.2, 0.25) is 5.78 Å². The number of carbonyl (C=O) groups excluding carboxylic acids is 2. The number of ketones is 1. The lowest BCUT2D eigenvalue weighted by Gasteiger charge is -2.04. The average Bonchev–Trinajstić information content (AvgIpc) is 3.10. The Labute approximate surface area is 98.4 Å². The zero-order valence-corrected chi connectivity index (χ0v) is 9.37. The number of Topliss-reactive ketones (excluding diaryl/α,β-unsaturated/α-hetero) is 1. The molecule has 16 heavy (non-hydrogen) atoms. The van der Waals surface area contributed by atoms with Crippen LogP contribution in [0.15, 0.2) is 24.3 Å². The second-order valence-corrected chi connectivity index (χ2v) is 4.19. The van der Waals surface area contributed by atoms with Crippen molar-refractivity contribution < 1.29 is 14.3 Å². The van der Waals surface area contributed by atoms with Crippen molar-refractivity contribution in [1.29, 1.82) is 0 Å². The van der Waals surface area contributed by atoms with E-state index in [0.717, 1.165) is 12.8 Å². The first-order chi connectivity index (χ1) is 7.68. The molecular formula is C12H11ClO3. The molecule has 1 aromatic rings. The predicted molar refractivity (Wildman–Crippen MR) is 59.5 cm³/mol. The Morgan fingerprint density at radius 2 is 2.00 bits per heavy atom. The summed E-state index contributed by atoms with van der Waals surface area (Å²) in [6.45, 7) is -0.223. The number of ether oxygens (including phenoxy) is 1. The molecule has 1 aromatic carbocycles. The van der Waals surface area contributed by atoms with Gasteiger partial charge in [0, 0.05) is 5.56 Å². The molecule has 0 amide bonds. The quantitative estimate of drug-likeness (QED) is 0.598. The highest BCUT2D eigenvalue weighted by Crippen LogP contribution is 2.30. The largest absolute Gasteiger partial charge is 0.457 e. The van der Waals surface area contributed by atoms with Gasteiger partial charge in [0.05, 0.1) is 10.9 Å². The first kappa shape index (κ1) is 11.1. The van der Waals surface area contributed by atoms with Crippen LogP contribution in [0.1, 0.15) is 23.2 Å². The standard InChI is InChI=1S/C12H11ClO3/c13-10-4-2-1-3-9(10)11(14)7-16-12(15)8-5-6-8/h1-4,8H,5-7H2.